The van der Waals surface area contributed by atoms with Crippen molar-refractivity contribution in [3.63, 3.8) is 0 Å². The van der Waals surface area contributed by atoms with Gasteiger partial charge < -0.3 is 14.2 Å². The van der Waals surface area contributed by atoms with Gasteiger partial charge in [0, 0.05) is 12.3 Å². The number of aromatic nitrogens is 1. The van der Waals surface area contributed by atoms with Crippen molar-refractivity contribution >= 4 is 17.8 Å². The number of carbonyl (C=O) groups excluding carboxylic acids is 1. The van der Waals surface area contributed by atoms with Crippen molar-refractivity contribution in [3.8, 4) is 11.5 Å². The standard InChI is InChI=1S/C18H15NO4/c1-21-14-6-7-15(16(11-14)22-2)17-10-12(18(20)23-17)9-13-5-3-4-8-19-13/h3-11H,1-2H3/b12-9-. The normalized spacial score (nSPS) is 15.3. The zero-order chi connectivity index (χ0) is 16.2. The number of ether oxygens (including phenoxy) is 3. The molecule has 5 heteroatoms. The molecule has 1 aromatic carbocycles. The lowest BCUT2D eigenvalue weighted by atomic mass is 10.1. The van der Waals surface area contributed by atoms with E-state index in [1.165, 1.54) is 0 Å². The molecular weight excluding hydrogens is 294 g/mol. The summed E-state index contributed by atoms with van der Waals surface area (Å²) in [6.45, 7) is 0. The molecule has 23 heavy (non-hydrogen) atoms. The molecule has 3 rings (SSSR count). The van der Waals surface area contributed by atoms with Gasteiger partial charge in [0.1, 0.15) is 17.3 Å². The summed E-state index contributed by atoms with van der Waals surface area (Å²) < 4.78 is 15.9. The van der Waals surface area contributed by atoms with E-state index in [1.807, 2.05) is 18.2 Å². The Bertz CT molecular complexity index is 794. The second kappa shape index (κ2) is 6.36. The molecule has 0 unspecified atom stereocenters. The van der Waals surface area contributed by atoms with Crippen molar-refractivity contribution < 1.29 is 19.0 Å². The molecule has 0 fully saturated rings. The minimum Gasteiger partial charge on any atom is -0.497 e. The molecule has 0 saturated carbocycles. The number of nitrogens with zero attached hydrogens (tertiary/aromatic N) is 1. The molecule has 0 atom stereocenters. The predicted molar refractivity (Wildman–Crippen MR) is 85.8 cm³/mol. The molecule has 0 amide bonds. The van der Waals surface area contributed by atoms with Crippen LogP contribution in [0.1, 0.15) is 11.3 Å². The van der Waals surface area contributed by atoms with E-state index >= 15 is 0 Å². The van der Waals surface area contributed by atoms with Crippen LogP contribution in [-0.4, -0.2) is 25.2 Å². The average molecular weight is 309 g/mol. The Morgan fingerprint density at radius 1 is 1.13 bits per heavy atom. The summed E-state index contributed by atoms with van der Waals surface area (Å²) >= 11 is 0. The van der Waals surface area contributed by atoms with Crippen LogP contribution < -0.4 is 9.47 Å². The zero-order valence-electron chi connectivity index (χ0n) is 12.8. The number of rotatable bonds is 4. The Morgan fingerprint density at radius 2 is 2.00 bits per heavy atom. The minimum absolute atomic E-state index is 0.413. The van der Waals surface area contributed by atoms with Crippen LogP contribution in [0.2, 0.25) is 0 Å². The molecule has 0 saturated heterocycles. The number of benzene rings is 1. The highest BCUT2D eigenvalue weighted by Crippen LogP contribution is 2.35. The molecule has 1 aliphatic heterocycles. The molecular formula is C18H15NO4. The summed E-state index contributed by atoms with van der Waals surface area (Å²) in [6.07, 6.45) is 5.04. The van der Waals surface area contributed by atoms with Crippen LogP contribution in [0.25, 0.3) is 11.8 Å². The Hall–Kier alpha value is -3.08. The van der Waals surface area contributed by atoms with Crippen LogP contribution in [0.3, 0.4) is 0 Å². The molecule has 0 radical (unpaired) electrons. The van der Waals surface area contributed by atoms with E-state index in [1.54, 1.807) is 50.8 Å². The van der Waals surface area contributed by atoms with Gasteiger partial charge in [0.15, 0.2) is 0 Å². The topological polar surface area (TPSA) is 57.7 Å². The van der Waals surface area contributed by atoms with Gasteiger partial charge in [-0.25, -0.2) is 4.79 Å². The molecule has 116 valence electrons. The van der Waals surface area contributed by atoms with Crippen LogP contribution in [0.5, 0.6) is 11.5 Å². The van der Waals surface area contributed by atoms with Crippen LogP contribution in [-0.2, 0) is 9.53 Å². The monoisotopic (exact) mass is 309 g/mol. The maximum absolute atomic E-state index is 12.0. The number of cyclic esters (lactones) is 1. The van der Waals surface area contributed by atoms with Gasteiger partial charge >= 0.3 is 5.97 Å². The first-order chi connectivity index (χ1) is 11.2. The fourth-order valence-electron chi connectivity index (χ4n) is 2.24. The molecule has 5 nitrogen and oxygen atoms in total. The van der Waals surface area contributed by atoms with E-state index in [0.717, 1.165) is 0 Å². The third-order valence-corrected chi connectivity index (χ3v) is 3.39. The molecule has 2 heterocycles. The van der Waals surface area contributed by atoms with Gasteiger partial charge in [0.05, 0.1) is 31.1 Å². The molecule has 0 spiro atoms. The number of esters is 1. The first kappa shape index (κ1) is 14.8. The third-order valence-electron chi connectivity index (χ3n) is 3.39. The van der Waals surface area contributed by atoms with Gasteiger partial charge in [0.2, 0.25) is 0 Å². The lowest BCUT2D eigenvalue weighted by Gasteiger charge is -2.10. The Balaban J connectivity index is 1.97. The summed E-state index contributed by atoms with van der Waals surface area (Å²) in [4.78, 5) is 16.2. The molecule has 0 aliphatic carbocycles. The Kier molecular flexibility index (Phi) is 4.10. The van der Waals surface area contributed by atoms with Gasteiger partial charge in [-0.3, -0.25) is 4.98 Å². The Labute approximate surface area is 133 Å². The summed E-state index contributed by atoms with van der Waals surface area (Å²) in [6, 6.07) is 10.8. The molecule has 1 aromatic heterocycles. The van der Waals surface area contributed by atoms with E-state index in [-0.39, 0.29) is 0 Å². The summed E-state index contributed by atoms with van der Waals surface area (Å²) in [5.74, 6) is 1.27. The lowest BCUT2D eigenvalue weighted by Crippen LogP contribution is -1.99. The van der Waals surface area contributed by atoms with Crippen molar-refractivity contribution in [1.29, 1.82) is 0 Å². The summed E-state index contributed by atoms with van der Waals surface area (Å²) in [5.41, 5.74) is 1.82. The van der Waals surface area contributed by atoms with E-state index < -0.39 is 5.97 Å². The largest absolute Gasteiger partial charge is 0.497 e. The highest BCUT2D eigenvalue weighted by molar-refractivity contribution is 6.05. The number of carbonyl (C=O) groups is 1. The van der Waals surface area contributed by atoms with Gasteiger partial charge in [-0.1, -0.05) is 6.07 Å². The van der Waals surface area contributed by atoms with Gasteiger partial charge in [-0.2, -0.15) is 0 Å². The van der Waals surface area contributed by atoms with E-state index in [4.69, 9.17) is 14.2 Å². The summed E-state index contributed by atoms with van der Waals surface area (Å²) in [5, 5.41) is 0. The highest BCUT2D eigenvalue weighted by Gasteiger charge is 2.24. The average Bonchev–Trinajstić information content (AvgIpc) is 2.95. The van der Waals surface area contributed by atoms with Crippen LogP contribution >= 0.6 is 0 Å². The molecule has 1 aliphatic rings. The van der Waals surface area contributed by atoms with E-state index in [9.17, 15) is 4.79 Å². The van der Waals surface area contributed by atoms with Crippen LogP contribution in [0.15, 0.2) is 54.2 Å². The van der Waals surface area contributed by atoms with Crippen molar-refractivity contribution in [2.75, 3.05) is 14.2 Å². The maximum Gasteiger partial charge on any atom is 0.343 e. The molecule has 0 N–H and O–H groups in total. The fraction of sp³-hybridized carbons (Fsp3) is 0.111. The first-order valence-electron chi connectivity index (χ1n) is 7.00. The lowest BCUT2D eigenvalue weighted by molar-refractivity contribution is -0.130. The highest BCUT2D eigenvalue weighted by atomic mass is 16.5. The fourth-order valence-corrected chi connectivity index (χ4v) is 2.24. The number of hydrogen-bond acceptors (Lipinski definition) is 5. The smallest absolute Gasteiger partial charge is 0.343 e. The minimum atomic E-state index is -0.413. The van der Waals surface area contributed by atoms with Crippen LogP contribution in [0.4, 0.5) is 0 Å². The quantitative estimate of drug-likeness (QED) is 0.641. The first-order valence-corrected chi connectivity index (χ1v) is 7.00. The Morgan fingerprint density at radius 3 is 2.70 bits per heavy atom. The second-order valence-electron chi connectivity index (χ2n) is 4.82. The number of methoxy groups -OCH3 is 2. The van der Waals surface area contributed by atoms with Gasteiger partial charge in [-0.05, 0) is 36.4 Å². The van der Waals surface area contributed by atoms with E-state index in [2.05, 4.69) is 4.98 Å². The summed E-state index contributed by atoms with van der Waals surface area (Å²) in [7, 11) is 3.14. The van der Waals surface area contributed by atoms with Crippen molar-refractivity contribution in [3.05, 3.63) is 65.5 Å². The predicted octanol–water partition coefficient (Wildman–Crippen LogP) is 3.08. The number of hydrogen-bond donors (Lipinski definition) is 0. The van der Waals surface area contributed by atoms with E-state index in [0.29, 0.717) is 34.1 Å². The SMILES string of the molecule is COc1ccc(C2=C/C(=C/c3ccccn3)C(=O)O2)c(OC)c1. The zero-order valence-corrected chi connectivity index (χ0v) is 12.8. The van der Waals surface area contributed by atoms with Gasteiger partial charge in [-0.15, -0.1) is 0 Å². The molecule has 2 aromatic rings. The number of pyridine rings is 1. The van der Waals surface area contributed by atoms with Crippen molar-refractivity contribution in [1.82, 2.24) is 4.98 Å². The van der Waals surface area contributed by atoms with Crippen molar-refractivity contribution in [2.24, 2.45) is 0 Å². The second-order valence-corrected chi connectivity index (χ2v) is 4.82. The van der Waals surface area contributed by atoms with Gasteiger partial charge in [0.25, 0.3) is 0 Å². The molecule has 0 bridgehead atoms. The van der Waals surface area contributed by atoms with Crippen molar-refractivity contribution in [2.45, 2.75) is 0 Å². The third kappa shape index (κ3) is 3.08. The van der Waals surface area contributed by atoms with Crippen LogP contribution in [0, 0.1) is 0 Å². The maximum atomic E-state index is 12.0.